The summed E-state index contributed by atoms with van der Waals surface area (Å²) in [5.41, 5.74) is 2.58. The summed E-state index contributed by atoms with van der Waals surface area (Å²) in [6, 6.07) is 23.1. The van der Waals surface area contributed by atoms with E-state index in [4.69, 9.17) is 0 Å². The van der Waals surface area contributed by atoms with Crippen LogP contribution in [0.1, 0.15) is 23.2 Å². The minimum atomic E-state index is -1.13. The molecule has 0 saturated heterocycles. The number of nitrogens with zero attached hydrogens (tertiary/aromatic N) is 1. The van der Waals surface area contributed by atoms with Crippen LogP contribution in [0.5, 0.6) is 0 Å². The standard InChI is InChI=1S/C28H30N2O5S/c31-26(30-25(28(34)35)19-36-18-24-13-7-8-14-29-24)22(15-20-9-3-1-4-10-20)17-23(27(32)33)16-21-11-5-2-6-12-21/h1-14,22-23,25H,15-19H2,(H,30,31)(H,32,33)(H,34,35)/t22-,23-,25+/m1/s1. The van der Waals surface area contributed by atoms with Crippen LogP contribution < -0.4 is 5.32 Å². The third kappa shape index (κ3) is 8.85. The summed E-state index contributed by atoms with van der Waals surface area (Å²) in [5.74, 6) is -3.36. The molecule has 8 heteroatoms. The van der Waals surface area contributed by atoms with Crippen molar-refractivity contribution in [2.45, 2.75) is 31.1 Å². The van der Waals surface area contributed by atoms with Gasteiger partial charge in [-0.2, -0.15) is 11.8 Å². The number of carboxylic acids is 2. The Morgan fingerprint density at radius 2 is 1.36 bits per heavy atom. The summed E-state index contributed by atoms with van der Waals surface area (Å²) < 4.78 is 0. The molecule has 1 aromatic heterocycles. The minimum absolute atomic E-state index is 0.0956. The number of hydrogen-bond donors (Lipinski definition) is 3. The molecule has 36 heavy (non-hydrogen) atoms. The lowest BCUT2D eigenvalue weighted by molar-refractivity contribution is -0.144. The smallest absolute Gasteiger partial charge is 0.327 e. The molecule has 0 spiro atoms. The summed E-state index contributed by atoms with van der Waals surface area (Å²) in [6.07, 6.45) is 2.38. The molecular weight excluding hydrogens is 476 g/mol. The predicted octanol–water partition coefficient (Wildman–Crippen LogP) is 4.08. The molecule has 0 aliphatic heterocycles. The van der Waals surface area contributed by atoms with Gasteiger partial charge >= 0.3 is 11.9 Å². The molecule has 0 bridgehead atoms. The summed E-state index contributed by atoms with van der Waals surface area (Å²) >= 11 is 1.37. The van der Waals surface area contributed by atoms with Crippen molar-refractivity contribution in [1.82, 2.24) is 10.3 Å². The Hall–Kier alpha value is -3.65. The Balaban J connectivity index is 1.71. The highest BCUT2D eigenvalue weighted by Gasteiger charge is 2.30. The van der Waals surface area contributed by atoms with Crippen LogP contribution >= 0.6 is 11.8 Å². The number of rotatable bonds is 14. The fraction of sp³-hybridized carbons (Fsp3) is 0.286. The number of carboxylic acid groups (broad SMARTS) is 2. The topological polar surface area (TPSA) is 117 Å². The van der Waals surface area contributed by atoms with Crippen molar-refractivity contribution in [3.63, 3.8) is 0 Å². The SMILES string of the molecule is O=C(O)[C@H](Cc1ccccc1)C[C@@H](Cc1ccccc1)C(=O)N[C@@H](CSCc1ccccn1)C(=O)O. The molecule has 0 aliphatic carbocycles. The first kappa shape index (κ1) is 26.9. The van der Waals surface area contributed by atoms with E-state index >= 15 is 0 Å². The van der Waals surface area contributed by atoms with Crippen molar-refractivity contribution in [3.8, 4) is 0 Å². The normalized spacial score (nSPS) is 13.3. The molecular formula is C28H30N2O5S. The maximum absolute atomic E-state index is 13.3. The number of amides is 1. The summed E-state index contributed by atoms with van der Waals surface area (Å²) in [7, 11) is 0. The number of nitrogens with one attached hydrogen (secondary N) is 1. The van der Waals surface area contributed by atoms with Crippen molar-refractivity contribution >= 4 is 29.6 Å². The third-order valence-corrected chi connectivity index (χ3v) is 6.88. The lowest BCUT2D eigenvalue weighted by atomic mass is 9.85. The Morgan fingerprint density at radius 1 is 0.778 bits per heavy atom. The zero-order valence-corrected chi connectivity index (χ0v) is 20.6. The van der Waals surface area contributed by atoms with E-state index in [2.05, 4.69) is 10.3 Å². The summed E-state index contributed by atoms with van der Waals surface area (Å²) in [4.78, 5) is 41.5. The highest BCUT2D eigenvalue weighted by Crippen LogP contribution is 2.23. The summed E-state index contributed by atoms with van der Waals surface area (Å²) in [6.45, 7) is 0. The van der Waals surface area contributed by atoms with Crippen LogP contribution in [0.2, 0.25) is 0 Å². The van der Waals surface area contributed by atoms with Gasteiger partial charge in [0.05, 0.1) is 11.6 Å². The van der Waals surface area contributed by atoms with E-state index in [0.29, 0.717) is 12.2 Å². The number of carbonyl (C=O) groups is 3. The van der Waals surface area contributed by atoms with Gasteiger partial charge < -0.3 is 15.5 Å². The number of pyridine rings is 1. The molecule has 0 unspecified atom stereocenters. The molecule has 3 atom stereocenters. The molecule has 1 heterocycles. The molecule has 0 radical (unpaired) electrons. The Labute approximate surface area is 215 Å². The van der Waals surface area contributed by atoms with Gasteiger partial charge in [-0.3, -0.25) is 14.6 Å². The number of hydrogen-bond acceptors (Lipinski definition) is 5. The van der Waals surface area contributed by atoms with Crippen LogP contribution in [-0.2, 0) is 33.0 Å². The number of carbonyl (C=O) groups excluding carboxylic acids is 1. The van der Waals surface area contributed by atoms with E-state index in [9.17, 15) is 24.6 Å². The van der Waals surface area contributed by atoms with E-state index in [-0.39, 0.29) is 18.6 Å². The van der Waals surface area contributed by atoms with E-state index in [1.165, 1.54) is 11.8 Å². The van der Waals surface area contributed by atoms with Gasteiger partial charge in [0.15, 0.2) is 0 Å². The van der Waals surface area contributed by atoms with Gasteiger partial charge in [-0.25, -0.2) is 4.79 Å². The lowest BCUT2D eigenvalue weighted by Gasteiger charge is -2.23. The largest absolute Gasteiger partial charge is 0.481 e. The summed E-state index contributed by atoms with van der Waals surface area (Å²) in [5, 5.41) is 22.3. The van der Waals surface area contributed by atoms with Crippen LogP contribution in [0.25, 0.3) is 0 Å². The van der Waals surface area contributed by atoms with E-state index in [1.807, 2.05) is 78.9 Å². The highest BCUT2D eigenvalue weighted by molar-refractivity contribution is 7.98. The average molecular weight is 507 g/mol. The maximum atomic E-state index is 13.3. The zero-order chi connectivity index (χ0) is 25.8. The number of aromatic nitrogens is 1. The van der Waals surface area contributed by atoms with Gasteiger partial charge in [0.1, 0.15) is 6.04 Å². The van der Waals surface area contributed by atoms with E-state index in [1.54, 1.807) is 6.20 Å². The molecule has 0 fully saturated rings. The van der Waals surface area contributed by atoms with Gasteiger partial charge in [-0.1, -0.05) is 66.7 Å². The first-order valence-corrected chi connectivity index (χ1v) is 12.9. The van der Waals surface area contributed by atoms with Crippen LogP contribution in [-0.4, -0.2) is 44.8 Å². The second kappa shape index (κ2) is 14.0. The van der Waals surface area contributed by atoms with Crippen molar-refractivity contribution in [3.05, 3.63) is 102 Å². The third-order valence-electron chi connectivity index (χ3n) is 5.81. The van der Waals surface area contributed by atoms with Gasteiger partial charge in [-0.05, 0) is 42.5 Å². The molecule has 7 nitrogen and oxygen atoms in total. The second-order valence-corrected chi connectivity index (χ2v) is 9.61. The van der Waals surface area contributed by atoms with Gasteiger partial charge in [-0.15, -0.1) is 0 Å². The molecule has 0 aliphatic rings. The Morgan fingerprint density at radius 3 is 1.89 bits per heavy atom. The molecule has 3 rings (SSSR count). The van der Waals surface area contributed by atoms with Crippen molar-refractivity contribution in [2.75, 3.05) is 5.75 Å². The predicted molar refractivity (Wildman–Crippen MR) is 139 cm³/mol. The molecule has 3 N–H and O–H groups in total. The van der Waals surface area contributed by atoms with Crippen LogP contribution in [0.4, 0.5) is 0 Å². The number of thioether (sulfide) groups is 1. The quantitative estimate of drug-likeness (QED) is 0.302. The van der Waals surface area contributed by atoms with E-state index in [0.717, 1.165) is 16.8 Å². The lowest BCUT2D eigenvalue weighted by Crippen LogP contribution is -2.46. The van der Waals surface area contributed by atoms with Gasteiger partial charge in [0, 0.05) is 23.6 Å². The number of benzene rings is 2. The molecule has 3 aromatic rings. The zero-order valence-electron chi connectivity index (χ0n) is 19.8. The monoisotopic (exact) mass is 506 g/mol. The van der Waals surface area contributed by atoms with Gasteiger partial charge in [0.25, 0.3) is 0 Å². The van der Waals surface area contributed by atoms with Gasteiger partial charge in [0.2, 0.25) is 5.91 Å². The fourth-order valence-corrected chi connectivity index (χ4v) is 4.88. The Kier molecular flexibility index (Phi) is 10.5. The van der Waals surface area contributed by atoms with Crippen molar-refractivity contribution < 1.29 is 24.6 Å². The Bertz CT molecular complexity index is 1110. The first-order valence-electron chi connectivity index (χ1n) is 11.7. The minimum Gasteiger partial charge on any atom is -0.481 e. The average Bonchev–Trinajstić information content (AvgIpc) is 2.88. The maximum Gasteiger partial charge on any atom is 0.327 e. The highest BCUT2D eigenvalue weighted by atomic mass is 32.2. The van der Waals surface area contributed by atoms with Crippen LogP contribution in [0, 0.1) is 11.8 Å². The van der Waals surface area contributed by atoms with Crippen molar-refractivity contribution in [2.24, 2.45) is 11.8 Å². The fourth-order valence-electron chi connectivity index (χ4n) is 3.92. The molecule has 2 aromatic carbocycles. The van der Waals surface area contributed by atoms with E-state index < -0.39 is 35.7 Å². The second-order valence-electron chi connectivity index (χ2n) is 8.58. The molecule has 0 saturated carbocycles. The van der Waals surface area contributed by atoms with Crippen molar-refractivity contribution in [1.29, 1.82) is 0 Å². The first-order chi connectivity index (χ1) is 17.4. The van der Waals surface area contributed by atoms with Crippen LogP contribution in [0.3, 0.4) is 0 Å². The molecule has 188 valence electrons. The number of aliphatic carboxylic acids is 2. The molecule has 1 amide bonds. The van der Waals surface area contributed by atoms with Crippen LogP contribution in [0.15, 0.2) is 85.1 Å².